The van der Waals surface area contributed by atoms with Gasteiger partial charge in [-0.15, -0.1) is 5.10 Å². The lowest BCUT2D eigenvalue weighted by molar-refractivity contribution is 0.0947. The van der Waals surface area contributed by atoms with Gasteiger partial charge in [-0.25, -0.2) is 4.39 Å². The van der Waals surface area contributed by atoms with Gasteiger partial charge in [-0.1, -0.05) is 47.7 Å². The quantitative estimate of drug-likeness (QED) is 0.785. The molecule has 3 rings (SSSR count). The van der Waals surface area contributed by atoms with Crippen LogP contribution in [0.5, 0.6) is 0 Å². The molecule has 0 saturated carbocycles. The molecule has 0 aliphatic carbocycles. The van der Waals surface area contributed by atoms with Crippen LogP contribution in [-0.2, 0) is 6.54 Å². The lowest BCUT2D eigenvalue weighted by atomic mass is 10.1. The van der Waals surface area contributed by atoms with Crippen LogP contribution < -0.4 is 5.32 Å². The van der Waals surface area contributed by atoms with Crippen molar-refractivity contribution in [2.45, 2.75) is 13.5 Å². The summed E-state index contributed by atoms with van der Waals surface area (Å²) in [5.41, 5.74) is 2.26. The normalized spacial score (nSPS) is 10.6. The average molecular weight is 324 g/mol. The van der Waals surface area contributed by atoms with E-state index in [1.54, 1.807) is 23.7 Å². The summed E-state index contributed by atoms with van der Waals surface area (Å²) in [6.07, 6.45) is 1.81. The molecule has 2 aromatic carbocycles. The number of nitrogens with one attached hydrogen (secondary N) is 1. The fraction of sp³-hybridized carbons (Fsp3) is 0.167. The van der Waals surface area contributed by atoms with E-state index in [0.29, 0.717) is 18.7 Å². The first kappa shape index (κ1) is 15.9. The van der Waals surface area contributed by atoms with E-state index in [9.17, 15) is 9.18 Å². The van der Waals surface area contributed by atoms with Gasteiger partial charge in [0.25, 0.3) is 5.91 Å². The molecule has 1 heterocycles. The minimum absolute atomic E-state index is 0.0542. The minimum atomic E-state index is -0.484. The van der Waals surface area contributed by atoms with Crippen molar-refractivity contribution in [3.05, 3.63) is 71.7 Å². The number of carbonyl (C=O) groups excluding carboxylic acids is 1. The van der Waals surface area contributed by atoms with Crippen LogP contribution in [0.25, 0.3) is 11.3 Å². The van der Waals surface area contributed by atoms with Crippen molar-refractivity contribution in [3.8, 4) is 11.3 Å². The van der Waals surface area contributed by atoms with E-state index >= 15 is 0 Å². The Kier molecular flexibility index (Phi) is 4.65. The molecule has 1 amide bonds. The molecule has 0 bridgehead atoms. The van der Waals surface area contributed by atoms with Crippen molar-refractivity contribution >= 4 is 5.91 Å². The second-order valence-electron chi connectivity index (χ2n) is 5.43. The lowest BCUT2D eigenvalue weighted by Gasteiger charge is -2.07. The number of benzene rings is 2. The van der Waals surface area contributed by atoms with Crippen LogP contribution in [0.2, 0.25) is 0 Å². The van der Waals surface area contributed by atoms with Crippen LogP contribution in [0.1, 0.15) is 15.9 Å². The summed E-state index contributed by atoms with van der Waals surface area (Å²) >= 11 is 0. The molecule has 0 fully saturated rings. The Balaban J connectivity index is 1.58. The second kappa shape index (κ2) is 7.04. The zero-order valence-corrected chi connectivity index (χ0v) is 13.2. The van der Waals surface area contributed by atoms with Crippen molar-refractivity contribution in [1.29, 1.82) is 0 Å². The van der Waals surface area contributed by atoms with Crippen molar-refractivity contribution in [3.63, 3.8) is 0 Å². The molecule has 0 radical (unpaired) electrons. The third kappa shape index (κ3) is 3.48. The van der Waals surface area contributed by atoms with Crippen molar-refractivity contribution in [1.82, 2.24) is 20.3 Å². The first-order valence-electron chi connectivity index (χ1n) is 7.64. The van der Waals surface area contributed by atoms with E-state index < -0.39 is 11.7 Å². The molecular weight excluding hydrogens is 307 g/mol. The molecule has 122 valence electrons. The summed E-state index contributed by atoms with van der Waals surface area (Å²) < 4.78 is 15.6. The summed E-state index contributed by atoms with van der Waals surface area (Å²) in [5.74, 6) is -0.915. The van der Waals surface area contributed by atoms with Gasteiger partial charge in [-0.2, -0.15) is 0 Å². The number of amides is 1. The fourth-order valence-electron chi connectivity index (χ4n) is 2.35. The Labute approximate surface area is 139 Å². The zero-order valence-electron chi connectivity index (χ0n) is 13.2. The second-order valence-corrected chi connectivity index (χ2v) is 5.43. The zero-order chi connectivity index (χ0) is 16.9. The molecule has 0 aliphatic heterocycles. The standard InChI is InChI=1S/C18H17FN4O/c1-13-6-5-9-15(17(13)19)18(24)20-10-11-23-12-16(21-22-23)14-7-3-2-4-8-14/h2-9,12H,10-11H2,1H3,(H,20,24). The van der Waals surface area contributed by atoms with Gasteiger partial charge in [0.1, 0.15) is 11.5 Å². The molecule has 0 atom stereocenters. The Hall–Kier alpha value is -3.02. The average Bonchev–Trinajstić information content (AvgIpc) is 3.07. The Morgan fingerprint density at radius 1 is 1.17 bits per heavy atom. The molecule has 5 nitrogen and oxygen atoms in total. The monoisotopic (exact) mass is 324 g/mol. The Bertz CT molecular complexity index is 845. The predicted molar refractivity (Wildman–Crippen MR) is 88.9 cm³/mol. The first-order valence-corrected chi connectivity index (χ1v) is 7.64. The topological polar surface area (TPSA) is 59.8 Å². The van der Waals surface area contributed by atoms with Crippen LogP contribution in [0.3, 0.4) is 0 Å². The highest BCUT2D eigenvalue weighted by Crippen LogP contribution is 2.14. The number of halogens is 1. The molecule has 3 aromatic rings. The van der Waals surface area contributed by atoms with Gasteiger partial charge in [0.15, 0.2) is 0 Å². The number of rotatable bonds is 5. The third-order valence-corrected chi connectivity index (χ3v) is 3.67. The smallest absolute Gasteiger partial charge is 0.254 e. The molecule has 0 spiro atoms. The Morgan fingerprint density at radius 2 is 1.96 bits per heavy atom. The van der Waals surface area contributed by atoms with E-state index in [0.717, 1.165) is 11.3 Å². The summed E-state index contributed by atoms with van der Waals surface area (Å²) in [6, 6.07) is 14.5. The van der Waals surface area contributed by atoms with Gasteiger partial charge in [0.05, 0.1) is 18.3 Å². The van der Waals surface area contributed by atoms with E-state index in [-0.39, 0.29) is 5.56 Å². The number of aromatic nitrogens is 3. The molecule has 0 aliphatic rings. The summed E-state index contributed by atoms with van der Waals surface area (Å²) in [4.78, 5) is 12.0. The maximum atomic E-state index is 13.9. The SMILES string of the molecule is Cc1cccc(C(=O)NCCn2cc(-c3ccccc3)nn2)c1F. The molecule has 24 heavy (non-hydrogen) atoms. The van der Waals surface area contributed by atoms with E-state index in [1.807, 2.05) is 36.5 Å². The van der Waals surface area contributed by atoms with E-state index in [4.69, 9.17) is 0 Å². The van der Waals surface area contributed by atoms with Crippen LogP contribution in [0.15, 0.2) is 54.7 Å². The molecule has 6 heteroatoms. The highest BCUT2D eigenvalue weighted by molar-refractivity contribution is 5.94. The maximum Gasteiger partial charge on any atom is 0.254 e. The number of hydrogen-bond donors (Lipinski definition) is 1. The summed E-state index contributed by atoms with van der Waals surface area (Å²) in [5, 5.41) is 10.8. The minimum Gasteiger partial charge on any atom is -0.350 e. The lowest BCUT2D eigenvalue weighted by Crippen LogP contribution is -2.28. The van der Waals surface area contributed by atoms with Crippen LogP contribution >= 0.6 is 0 Å². The maximum absolute atomic E-state index is 13.9. The van der Waals surface area contributed by atoms with E-state index in [1.165, 1.54) is 6.07 Å². The fourth-order valence-corrected chi connectivity index (χ4v) is 2.35. The molecule has 1 N–H and O–H groups in total. The number of hydrogen-bond acceptors (Lipinski definition) is 3. The van der Waals surface area contributed by atoms with Crippen LogP contribution in [0.4, 0.5) is 4.39 Å². The highest BCUT2D eigenvalue weighted by atomic mass is 19.1. The van der Waals surface area contributed by atoms with Gasteiger partial charge in [0.2, 0.25) is 0 Å². The molecule has 0 unspecified atom stereocenters. The highest BCUT2D eigenvalue weighted by Gasteiger charge is 2.12. The number of aryl methyl sites for hydroxylation is 1. The third-order valence-electron chi connectivity index (χ3n) is 3.67. The van der Waals surface area contributed by atoms with Gasteiger partial charge in [-0.05, 0) is 18.6 Å². The largest absolute Gasteiger partial charge is 0.350 e. The van der Waals surface area contributed by atoms with Crippen molar-refractivity contribution in [2.24, 2.45) is 0 Å². The molecular formula is C18H17FN4O. The van der Waals surface area contributed by atoms with E-state index in [2.05, 4.69) is 15.6 Å². The number of nitrogens with zero attached hydrogens (tertiary/aromatic N) is 3. The summed E-state index contributed by atoms with van der Waals surface area (Å²) in [7, 11) is 0. The van der Waals surface area contributed by atoms with Crippen LogP contribution in [-0.4, -0.2) is 27.4 Å². The Morgan fingerprint density at radius 3 is 2.75 bits per heavy atom. The predicted octanol–water partition coefficient (Wildman–Crippen LogP) is 2.82. The molecule has 1 aromatic heterocycles. The van der Waals surface area contributed by atoms with Gasteiger partial charge < -0.3 is 5.32 Å². The number of carbonyl (C=O) groups is 1. The van der Waals surface area contributed by atoms with Gasteiger partial charge >= 0.3 is 0 Å². The van der Waals surface area contributed by atoms with Crippen LogP contribution in [0, 0.1) is 12.7 Å². The van der Waals surface area contributed by atoms with Gasteiger partial charge in [0, 0.05) is 12.1 Å². The summed E-state index contributed by atoms with van der Waals surface area (Å²) in [6.45, 7) is 2.43. The van der Waals surface area contributed by atoms with Gasteiger partial charge in [-0.3, -0.25) is 9.48 Å². The first-order chi connectivity index (χ1) is 11.6. The van der Waals surface area contributed by atoms with Crippen molar-refractivity contribution in [2.75, 3.05) is 6.54 Å². The molecule has 0 saturated heterocycles. The van der Waals surface area contributed by atoms with Crippen molar-refractivity contribution < 1.29 is 9.18 Å².